The minimum absolute atomic E-state index is 0.171. The minimum Gasteiger partial charge on any atom is -0.493 e. The van der Waals surface area contributed by atoms with Gasteiger partial charge in [0.15, 0.2) is 11.5 Å². The molecule has 0 aromatic heterocycles. The third kappa shape index (κ3) is 4.10. The number of benzene rings is 2. The molecule has 1 saturated heterocycles. The van der Waals surface area contributed by atoms with Gasteiger partial charge in [0, 0.05) is 12.2 Å². The maximum absolute atomic E-state index is 13.4. The van der Waals surface area contributed by atoms with Crippen LogP contribution in [0.15, 0.2) is 36.4 Å². The number of likely N-dealkylation sites (tertiary alicyclic amines) is 1. The van der Waals surface area contributed by atoms with Crippen molar-refractivity contribution in [1.82, 2.24) is 9.80 Å². The van der Waals surface area contributed by atoms with Crippen LogP contribution in [-0.4, -0.2) is 56.1 Å². The van der Waals surface area contributed by atoms with Gasteiger partial charge in [-0.05, 0) is 73.3 Å². The molecule has 0 radical (unpaired) electrons. The summed E-state index contributed by atoms with van der Waals surface area (Å²) < 4.78 is 11.1. The molecule has 0 saturated carbocycles. The highest BCUT2D eigenvalue weighted by atomic mass is 16.5. The molecule has 160 valence electrons. The fourth-order valence-corrected chi connectivity index (χ4v) is 4.70. The van der Waals surface area contributed by atoms with Gasteiger partial charge in [-0.1, -0.05) is 18.6 Å². The number of carbonyl (C=O) groups excluding carboxylic acids is 1. The zero-order valence-electron chi connectivity index (χ0n) is 17.9. The Morgan fingerprint density at radius 1 is 1.03 bits per heavy atom. The van der Waals surface area contributed by atoms with Crippen molar-refractivity contribution in [1.29, 1.82) is 0 Å². The third-order valence-electron chi connectivity index (χ3n) is 6.23. The highest BCUT2D eigenvalue weighted by Crippen LogP contribution is 2.41. The molecule has 0 spiro atoms. The Bertz CT molecular complexity index is 909. The number of methoxy groups -OCH3 is 2. The van der Waals surface area contributed by atoms with Gasteiger partial charge in [-0.15, -0.1) is 0 Å². The molecule has 2 N–H and O–H groups in total. The van der Waals surface area contributed by atoms with Crippen LogP contribution in [0.5, 0.6) is 11.5 Å². The van der Waals surface area contributed by atoms with Crippen molar-refractivity contribution in [2.24, 2.45) is 0 Å². The SMILES string of the molecule is COc1cc2c(cc1OC)C(c1cccc(N)c1)N(C(=O)CN1CCCCC1)CC2. The Morgan fingerprint density at radius 2 is 1.77 bits per heavy atom. The fraction of sp³-hybridized carbons (Fsp3) is 0.458. The summed E-state index contributed by atoms with van der Waals surface area (Å²) in [7, 11) is 3.29. The van der Waals surface area contributed by atoms with Crippen molar-refractivity contribution in [3.63, 3.8) is 0 Å². The van der Waals surface area contributed by atoms with Crippen molar-refractivity contribution in [2.45, 2.75) is 31.7 Å². The Hall–Kier alpha value is -2.73. The number of hydrogen-bond acceptors (Lipinski definition) is 5. The number of anilines is 1. The normalized spacial score (nSPS) is 19.3. The Labute approximate surface area is 178 Å². The van der Waals surface area contributed by atoms with Gasteiger partial charge in [0.05, 0.1) is 26.8 Å². The summed E-state index contributed by atoms with van der Waals surface area (Å²) >= 11 is 0. The molecule has 2 aromatic carbocycles. The fourth-order valence-electron chi connectivity index (χ4n) is 4.70. The van der Waals surface area contributed by atoms with Crippen LogP contribution in [-0.2, 0) is 11.2 Å². The lowest BCUT2D eigenvalue weighted by Crippen LogP contribution is -2.46. The lowest BCUT2D eigenvalue weighted by molar-refractivity contribution is -0.134. The number of carbonyl (C=O) groups is 1. The molecule has 6 nitrogen and oxygen atoms in total. The average Bonchev–Trinajstić information content (AvgIpc) is 2.77. The molecule has 2 aromatic rings. The van der Waals surface area contributed by atoms with Gasteiger partial charge in [0.1, 0.15) is 0 Å². The summed E-state index contributed by atoms with van der Waals surface area (Å²) in [6, 6.07) is 11.7. The zero-order chi connectivity index (χ0) is 21.1. The third-order valence-corrected chi connectivity index (χ3v) is 6.23. The van der Waals surface area contributed by atoms with Crippen LogP contribution in [0.1, 0.15) is 42.0 Å². The number of hydrogen-bond donors (Lipinski definition) is 1. The first-order valence-corrected chi connectivity index (χ1v) is 10.7. The molecule has 0 bridgehead atoms. The van der Waals surface area contributed by atoms with E-state index in [0.717, 1.165) is 36.4 Å². The number of fused-ring (bicyclic) bond motifs is 1. The van der Waals surface area contributed by atoms with E-state index in [4.69, 9.17) is 15.2 Å². The highest BCUT2D eigenvalue weighted by molar-refractivity contribution is 5.80. The van der Waals surface area contributed by atoms with Crippen molar-refractivity contribution in [3.8, 4) is 11.5 Å². The Kier molecular flexibility index (Phi) is 6.13. The second-order valence-electron chi connectivity index (χ2n) is 8.15. The smallest absolute Gasteiger partial charge is 0.237 e. The number of amides is 1. The number of nitrogens with zero attached hydrogens (tertiary/aromatic N) is 2. The van der Waals surface area contributed by atoms with E-state index in [-0.39, 0.29) is 11.9 Å². The molecule has 1 amide bonds. The van der Waals surface area contributed by atoms with Crippen LogP contribution >= 0.6 is 0 Å². The van der Waals surface area contributed by atoms with Crippen molar-refractivity contribution in [2.75, 3.05) is 46.1 Å². The van der Waals surface area contributed by atoms with Crippen LogP contribution in [0.2, 0.25) is 0 Å². The molecule has 1 atom stereocenters. The van der Waals surface area contributed by atoms with E-state index in [1.807, 2.05) is 41.3 Å². The van der Waals surface area contributed by atoms with Gasteiger partial charge < -0.3 is 20.1 Å². The molecule has 1 fully saturated rings. The maximum atomic E-state index is 13.4. The van der Waals surface area contributed by atoms with E-state index in [1.165, 1.54) is 24.8 Å². The van der Waals surface area contributed by atoms with Crippen LogP contribution in [0.25, 0.3) is 0 Å². The maximum Gasteiger partial charge on any atom is 0.237 e. The molecule has 2 aliphatic heterocycles. The van der Waals surface area contributed by atoms with Gasteiger partial charge in [0.2, 0.25) is 5.91 Å². The highest BCUT2D eigenvalue weighted by Gasteiger charge is 2.34. The van der Waals surface area contributed by atoms with Gasteiger partial charge in [-0.2, -0.15) is 0 Å². The molecule has 0 aliphatic carbocycles. The minimum atomic E-state index is -0.186. The van der Waals surface area contributed by atoms with E-state index < -0.39 is 0 Å². The predicted octanol–water partition coefficient (Wildman–Crippen LogP) is 3.25. The van der Waals surface area contributed by atoms with Gasteiger partial charge in [-0.25, -0.2) is 0 Å². The molecule has 2 heterocycles. The van der Waals surface area contributed by atoms with Gasteiger partial charge >= 0.3 is 0 Å². The monoisotopic (exact) mass is 409 g/mol. The van der Waals surface area contributed by atoms with Crippen LogP contribution in [0.4, 0.5) is 5.69 Å². The summed E-state index contributed by atoms with van der Waals surface area (Å²) in [6.07, 6.45) is 4.40. The Balaban J connectivity index is 1.72. The van der Waals surface area contributed by atoms with E-state index in [2.05, 4.69) is 4.90 Å². The van der Waals surface area contributed by atoms with Gasteiger partial charge in [-0.3, -0.25) is 9.69 Å². The van der Waals surface area contributed by atoms with Crippen LogP contribution in [0, 0.1) is 0 Å². The van der Waals surface area contributed by atoms with E-state index >= 15 is 0 Å². The quantitative estimate of drug-likeness (QED) is 0.768. The number of ether oxygens (including phenoxy) is 2. The molecular formula is C24H31N3O3. The number of rotatable bonds is 5. The lowest BCUT2D eigenvalue weighted by Gasteiger charge is -2.39. The first kappa shape index (κ1) is 20.5. The summed E-state index contributed by atoms with van der Waals surface area (Å²) in [5.41, 5.74) is 10.1. The van der Waals surface area contributed by atoms with Crippen LogP contribution < -0.4 is 15.2 Å². The predicted molar refractivity (Wildman–Crippen MR) is 118 cm³/mol. The Morgan fingerprint density at radius 3 is 2.47 bits per heavy atom. The number of nitrogen functional groups attached to an aromatic ring is 1. The molecule has 30 heavy (non-hydrogen) atoms. The largest absolute Gasteiger partial charge is 0.493 e. The second-order valence-corrected chi connectivity index (χ2v) is 8.15. The van der Waals surface area contributed by atoms with E-state index in [1.54, 1.807) is 14.2 Å². The number of piperidine rings is 1. The summed E-state index contributed by atoms with van der Waals surface area (Å²) in [6.45, 7) is 3.16. The summed E-state index contributed by atoms with van der Waals surface area (Å²) in [4.78, 5) is 17.7. The molecule has 1 unspecified atom stereocenters. The first-order chi connectivity index (χ1) is 14.6. The molecular weight excluding hydrogens is 378 g/mol. The average molecular weight is 410 g/mol. The summed E-state index contributed by atoms with van der Waals surface area (Å²) in [5.74, 6) is 1.57. The topological polar surface area (TPSA) is 68.0 Å². The molecule has 4 rings (SSSR count). The van der Waals surface area contributed by atoms with Crippen molar-refractivity contribution >= 4 is 11.6 Å². The lowest BCUT2D eigenvalue weighted by atomic mass is 9.87. The standard InChI is InChI=1S/C24H31N3O3/c1-29-21-14-17-9-12-27(23(28)16-26-10-4-3-5-11-26)24(20(17)15-22(21)30-2)18-7-6-8-19(25)13-18/h6-8,13-15,24H,3-5,9-12,16,25H2,1-2H3. The van der Waals surface area contributed by atoms with E-state index in [0.29, 0.717) is 24.5 Å². The molecule has 2 aliphatic rings. The summed E-state index contributed by atoms with van der Waals surface area (Å²) in [5, 5.41) is 0. The van der Waals surface area contributed by atoms with Crippen LogP contribution in [0.3, 0.4) is 0 Å². The van der Waals surface area contributed by atoms with Crippen molar-refractivity contribution < 1.29 is 14.3 Å². The number of nitrogens with two attached hydrogens (primary N) is 1. The second kappa shape index (κ2) is 8.96. The first-order valence-electron chi connectivity index (χ1n) is 10.7. The zero-order valence-corrected chi connectivity index (χ0v) is 17.9. The molecule has 6 heteroatoms. The van der Waals surface area contributed by atoms with Crippen molar-refractivity contribution in [3.05, 3.63) is 53.1 Å². The van der Waals surface area contributed by atoms with E-state index in [9.17, 15) is 4.79 Å². The van der Waals surface area contributed by atoms with Gasteiger partial charge in [0.25, 0.3) is 0 Å².